The van der Waals surface area contributed by atoms with Gasteiger partial charge in [-0.05, 0) is 38.0 Å². The smallest absolute Gasteiger partial charge is 0.127 e. The topological polar surface area (TPSA) is 34.1 Å². The molecule has 0 bridgehead atoms. The maximum absolute atomic E-state index is 6.11. The predicted octanol–water partition coefficient (Wildman–Crippen LogP) is 3.65. The van der Waals surface area contributed by atoms with Crippen molar-refractivity contribution in [2.45, 2.75) is 45.4 Å². The third kappa shape index (κ3) is 3.08. The van der Waals surface area contributed by atoms with Crippen molar-refractivity contribution in [3.8, 4) is 5.75 Å². The van der Waals surface area contributed by atoms with Gasteiger partial charge in [0.2, 0.25) is 0 Å². The highest BCUT2D eigenvalue weighted by Gasteiger charge is 2.31. The summed E-state index contributed by atoms with van der Waals surface area (Å²) in [6.07, 6.45) is 4.69. The molecular weight excluding hydrogens is 260 g/mol. The molecule has 1 aromatic carbocycles. The Morgan fingerprint density at radius 1 is 1.29 bits per heavy atom. The quantitative estimate of drug-likeness (QED) is 0.929. The minimum absolute atomic E-state index is 0.0899. The molecule has 0 saturated carbocycles. The van der Waals surface area contributed by atoms with E-state index in [4.69, 9.17) is 4.74 Å². The van der Waals surface area contributed by atoms with E-state index in [1.54, 1.807) is 6.20 Å². The fraction of sp³-hybridized carbons (Fsp3) is 0.389. The van der Waals surface area contributed by atoms with Crippen molar-refractivity contribution >= 4 is 0 Å². The lowest BCUT2D eigenvalue weighted by Gasteiger charge is -2.19. The van der Waals surface area contributed by atoms with Crippen molar-refractivity contribution < 1.29 is 4.74 Å². The van der Waals surface area contributed by atoms with E-state index in [0.717, 1.165) is 18.7 Å². The molecule has 110 valence electrons. The lowest BCUT2D eigenvalue weighted by molar-refractivity contribution is 0.137. The van der Waals surface area contributed by atoms with Crippen LogP contribution in [0, 0.1) is 0 Å². The molecule has 0 spiro atoms. The summed E-state index contributed by atoms with van der Waals surface area (Å²) in [5.74, 6) is 1.06. The maximum atomic E-state index is 6.11. The van der Waals surface area contributed by atoms with E-state index in [1.807, 2.05) is 12.3 Å². The number of hydrogen-bond donors (Lipinski definition) is 1. The minimum Gasteiger partial charge on any atom is -0.487 e. The van der Waals surface area contributed by atoms with Crippen LogP contribution in [0.4, 0.5) is 0 Å². The van der Waals surface area contributed by atoms with Gasteiger partial charge in [-0.15, -0.1) is 0 Å². The largest absolute Gasteiger partial charge is 0.487 e. The molecule has 0 saturated heterocycles. The monoisotopic (exact) mass is 282 g/mol. The zero-order valence-corrected chi connectivity index (χ0v) is 12.9. The Hall–Kier alpha value is -1.87. The van der Waals surface area contributed by atoms with E-state index in [2.05, 4.69) is 55.3 Å². The van der Waals surface area contributed by atoms with E-state index < -0.39 is 0 Å². The first-order chi connectivity index (χ1) is 10.1. The number of nitrogens with one attached hydrogen (secondary N) is 1. The summed E-state index contributed by atoms with van der Waals surface area (Å²) in [7, 11) is 0. The van der Waals surface area contributed by atoms with Gasteiger partial charge >= 0.3 is 0 Å². The molecule has 21 heavy (non-hydrogen) atoms. The Morgan fingerprint density at radius 3 is 2.90 bits per heavy atom. The maximum Gasteiger partial charge on any atom is 0.127 e. The summed E-state index contributed by atoms with van der Waals surface area (Å²) >= 11 is 0. The van der Waals surface area contributed by atoms with E-state index in [0.29, 0.717) is 0 Å². The normalized spacial score (nSPS) is 17.1. The summed E-state index contributed by atoms with van der Waals surface area (Å²) in [6, 6.07) is 10.8. The van der Waals surface area contributed by atoms with E-state index >= 15 is 0 Å². The van der Waals surface area contributed by atoms with Crippen LogP contribution in [-0.4, -0.2) is 10.6 Å². The number of rotatable bonds is 4. The molecule has 3 rings (SSSR count). The second kappa shape index (κ2) is 5.49. The highest BCUT2D eigenvalue weighted by Crippen LogP contribution is 2.37. The van der Waals surface area contributed by atoms with E-state index in [-0.39, 0.29) is 11.6 Å². The number of ether oxygens (including phenoxy) is 1. The lowest BCUT2D eigenvalue weighted by Crippen LogP contribution is -2.25. The molecule has 1 aromatic heterocycles. The third-order valence-corrected chi connectivity index (χ3v) is 3.96. The van der Waals surface area contributed by atoms with Crippen LogP contribution in [0.25, 0.3) is 0 Å². The molecule has 0 amide bonds. The average Bonchev–Trinajstić information content (AvgIpc) is 2.80. The van der Waals surface area contributed by atoms with Crippen molar-refractivity contribution in [2.75, 3.05) is 0 Å². The number of benzene rings is 1. The van der Waals surface area contributed by atoms with Crippen LogP contribution < -0.4 is 10.1 Å². The summed E-state index contributed by atoms with van der Waals surface area (Å²) in [5.41, 5.74) is 3.65. The lowest BCUT2D eigenvalue weighted by atomic mass is 10.0. The summed E-state index contributed by atoms with van der Waals surface area (Å²) in [6.45, 7) is 7.24. The van der Waals surface area contributed by atoms with Crippen LogP contribution >= 0.6 is 0 Å². The molecule has 2 heterocycles. The van der Waals surface area contributed by atoms with Crippen LogP contribution in [-0.2, 0) is 13.0 Å². The zero-order valence-electron chi connectivity index (χ0n) is 12.9. The Morgan fingerprint density at radius 2 is 2.14 bits per heavy atom. The van der Waals surface area contributed by atoms with Crippen LogP contribution in [0.3, 0.4) is 0 Å². The first-order valence-electron chi connectivity index (χ1n) is 7.48. The van der Waals surface area contributed by atoms with E-state index in [9.17, 15) is 0 Å². The zero-order chi connectivity index (χ0) is 14.9. The van der Waals surface area contributed by atoms with Gasteiger partial charge in [0.25, 0.3) is 0 Å². The highest BCUT2D eigenvalue weighted by atomic mass is 16.5. The second-order valence-electron chi connectivity index (χ2n) is 6.33. The molecule has 1 unspecified atom stereocenters. The number of nitrogens with zero attached hydrogens (tertiary/aromatic N) is 1. The molecular formula is C18H22N2O. The Balaban J connectivity index is 1.72. The number of aromatic nitrogens is 1. The molecule has 1 aliphatic rings. The molecule has 0 radical (unpaired) electrons. The Labute approximate surface area is 126 Å². The van der Waals surface area contributed by atoms with Crippen molar-refractivity contribution in [1.29, 1.82) is 0 Å². The van der Waals surface area contributed by atoms with Gasteiger partial charge in [0.1, 0.15) is 11.4 Å². The van der Waals surface area contributed by atoms with Gasteiger partial charge in [-0.25, -0.2) is 0 Å². The van der Waals surface area contributed by atoms with Crippen LogP contribution in [0.15, 0.2) is 42.7 Å². The van der Waals surface area contributed by atoms with Gasteiger partial charge in [-0.1, -0.05) is 24.3 Å². The predicted molar refractivity (Wildman–Crippen MR) is 84.3 cm³/mol. The van der Waals surface area contributed by atoms with Crippen LogP contribution in [0.2, 0.25) is 0 Å². The molecule has 2 aromatic rings. The molecule has 1 N–H and O–H groups in total. The number of fused-ring (bicyclic) bond motifs is 1. The van der Waals surface area contributed by atoms with Gasteiger partial charge in [0.15, 0.2) is 0 Å². The van der Waals surface area contributed by atoms with Crippen molar-refractivity contribution in [1.82, 2.24) is 10.3 Å². The van der Waals surface area contributed by atoms with Crippen molar-refractivity contribution in [2.24, 2.45) is 0 Å². The standard InChI is InChI=1S/C18H22N2O/c1-13(15-8-5-9-19-11-15)20-12-16-7-4-6-14-10-18(2,3)21-17(14)16/h4-9,11,13,20H,10,12H2,1-3H3. The van der Waals surface area contributed by atoms with Crippen molar-refractivity contribution in [3.05, 3.63) is 59.4 Å². The van der Waals surface area contributed by atoms with Gasteiger partial charge in [0, 0.05) is 37.0 Å². The molecule has 3 nitrogen and oxygen atoms in total. The van der Waals surface area contributed by atoms with Crippen molar-refractivity contribution in [3.63, 3.8) is 0 Å². The number of pyridine rings is 1. The fourth-order valence-electron chi connectivity index (χ4n) is 2.83. The molecule has 0 fully saturated rings. The average molecular weight is 282 g/mol. The Bertz CT molecular complexity index is 622. The highest BCUT2D eigenvalue weighted by molar-refractivity contribution is 5.45. The Kier molecular flexibility index (Phi) is 3.68. The first-order valence-corrected chi connectivity index (χ1v) is 7.48. The molecule has 3 heteroatoms. The third-order valence-electron chi connectivity index (χ3n) is 3.96. The molecule has 1 aliphatic heterocycles. The SMILES string of the molecule is CC(NCc1cccc2c1OC(C)(C)C2)c1cccnc1. The fourth-order valence-corrected chi connectivity index (χ4v) is 2.83. The van der Waals surface area contributed by atoms with Gasteiger partial charge < -0.3 is 10.1 Å². The van der Waals surface area contributed by atoms with E-state index in [1.165, 1.54) is 16.7 Å². The van der Waals surface area contributed by atoms with Crippen LogP contribution in [0.5, 0.6) is 5.75 Å². The summed E-state index contributed by atoms with van der Waals surface area (Å²) in [5, 5.41) is 3.55. The van der Waals surface area contributed by atoms with Gasteiger partial charge in [-0.2, -0.15) is 0 Å². The number of para-hydroxylation sites is 1. The van der Waals surface area contributed by atoms with Gasteiger partial charge in [0.05, 0.1) is 0 Å². The second-order valence-corrected chi connectivity index (χ2v) is 6.33. The van der Waals surface area contributed by atoms with Gasteiger partial charge in [-0.3, -0.25) is 4.98 Å². The summed E-state index contributed by atoms with van der Waals surface area (Å²) in [4.78, 5) is 4.17. The molecule has 1 atom stereocenters. The van der Waals surface area contributed by atoms with Crippen LogP contribution in [0.1, 0.15) is 43.5 Å². The molecule has 0 aliphatic carbocycles. The minimum atomic E-state index is -0.0899. The first kappa shape index (κ1) is 14.1. The number of hydrogen-bond acceptors (Lipinski definition) is 3. The summed E-state index contributed by atoms with van der Waals surface area (Å²) < 4.78 is 6.11.